The molecule has 1 unspecified atom stereocenters. The number of likely N-dealkylation sites (N-methyl/N-ethyl adjacent to an activating group) is 1. The Labute approximate surface area is 185 Å². The maximum Gasteiger partial charge on any atom is 0.254 e. The van der Waals surface area contributed by atoms with E-state index in [0.717, 1.165) is 12.8 Å². The van der Waals surface area contributed by atoms with E-state index in [0.29, 0.717) is 46.0 Å². The number of pyridine rings is 1. The van der Waals surface area contributed by atoms with Crippen LogP contribution >= 0.6 is 0 Å². The first kappa shape index (κ1) is 21.3. The van der Waals surface area contributed by atoms with Crippen molar-refractivity contribution in [2.75, 3.05) is 37.8 Å². The van der Waals surface area contributed by atoms with Gasteiger partial charge in [0.15, 0.2) is 0 Å². The van der Waals surface area contributed by atoms with Gasteiger partial charge in [0, 0.05) is 49.2 Å². The maximum atomic E-state index is 14.3. The molecule has 0 saturated carbocycles. The van der Waals surface area contributed by atoms with E-state index in [-0.39, 0.29) is 24.2 Å². The minimum atomic E-state index is -0.405. The van der Waals surface area contributed by atoms with Gasteiger partial charge in [0.05, 0.1) is 18.3 Å². The predicted octanol–water partition coefficient (Wildman–Crippen LogP) is 2.49. The molecule has 2 bridgehead atoms. The van der Waals surface area contributed by atoms with E-state index in [9.17, 15) is 14.4 Å². The highest BCUT2D eigenvalue weighted by atomic mass is 19.1. The first-order valence-electron chi connectivity index (χ1n) is 10.3. The van der Waals surface area contributed by atoms with Gasteiger partial charge in [-0.15, -0.1) is 0 Å². The molecule has 4 rings (SSSR count). The summed E-state index contributed by atoms with van der Waals surface area (Å²) in [6.45, 7) is 0.723. The highest BCUT2D eigenvalue weighted by Crippen LogP contribution is 2.41. The Morgan fingerprint density at radius 2 is 2.12 bits per heavy atom. The number of hydrogen-bond acceptors (Lipinski definition) is 7. The molecule has 2 aromatic rings. The van der Waals surface area contributed by atoms with E-state index in [2.05, 4.69) is 16.0 Å². The van der Waals surface area contributed by atoms with Crippen LogP contribution in [0.3, 0.4) is 0 Å². The SMILES string of the molecule is CN=C(C#N)C1=C(N)CN(C)C(=O)c2ccc(F)cc2C2CCCN2c2cc1cnc2N. The Kier molecular flexibility index (Phi) is 5.53. The Morgan fingerprint density at radius 1 is 1.34 bits per heavy atom. The van der Waals surface area contributed by atoms with Crippen LogP contribution in [0.1, 0.15) is 40.4 Å². The number of rotatable bonds is 1. The molecule has 2 aliphatic rings. The summed E-state index contributed by atoms with van der Waals surface area (Å²) >= 11 is 0. The van der Waals surface area contributed by atoms with Crippen molar-refractivity contribution in [3.05, 3.63) is 58.7 Å². The fraction of sp³-hybridized carbons (Fsp3) is 0.304. The molecule has 0 aliphatic carbocycles. The second kappa shape index (κ2) is 8.30. The van der Waals surface area contributed by atoms with Crippen molar-refractivity contribution in [2.45, 2.75) is 18.9 Å². The van der Waals surface area contributed by atoms with E-state index >= 15 is 0 Å². The number of carbonyl (C=O) groups is 1. The van der Waals surface area contributed by atoms with Crippen LogP contribution in [-0.4, -0.2) is 48.7 Å². The molecule has 3 heterocycles. The Balaban J connectivity index is 2.02. The largest absolute Gasteiger partial charge is 0.400 e. The fourth-order valence-electron chi connectivity index (χ4n) is 4.52. The van der Waals surface area contributed by atoms with E-state index < -0.39 is 5.82 Å². The molecular weight excluding hydrogens is 409 g/mol. The number of hydrogen-bond donors (Lipinski definition) is 2. The summed E-state index contributed by atoms with van der Waals surface area (Å²) in [7, 11) is 3.14. The zero-order valence-corrected chi connectivity index (χ0v) is 18.0. The molecule has 8 nitrogen and oxygen atoms in total. The molecule has 1 aromatic heterocycles. The second-order valence-corrected chi connectivity index (χ2v) is 7.96. The van der Waals surface area contributed by atoms with Gasteiger partial charge in [-0.25, -0.2) is 9.37 Å². The number of anilines is 2. The van der Waals surface area contributed by atoms with Crippen molar-refractivity contribution in [2.24, 2.45) is 10.7 Å². The van der Waals surface area contributed by atoms with Crippen LogP contribution in [-0.2, 0) is 0 Å². The smallest absolute Gasteiger partial charge is 0.254 e. The van der Waals surface area contributed by atoms with Crippen LogP contribution in [0.25, 0.3) is 5.57 Å². The predicted molar refractivity (Wildman–Crippen MR) is 121 cm³/mol. The van der Waals surface area contributed by atoms with Crippen molar-refractivity contribution in [1.29, 1.82) is 5.26 Å². The number of nitrogens with zero attached hydrogens (tertiary/aromatic N) is 5. The summed E-state index contributed by atoms with van der Waals surface area (Å²) in [5.41, 5.74) is 15.8. The number of benzene rings is 1. The van der Waals surface area contributed by atoms with Crippen LogP contribution in [0.2, 0.25) is 0 Å². The molecule has 2 aliphatic heterocycles. The number of amides is 1. The lowest BCUT2D eigenvalue weighted by Gasteiger charge is -2.31. The normalized spacial score (nSPS) is 19.1. The summed E-state index contributed by atoms with van der Waals surface area (Å²) in [5.74, 6) is -0.377. The van der Waals surface area contributed by atoms with Gasteiger partial charge in [0.1, 0.15) is 23.4 Å². The fourth-order valence-corrected chi connectivity index (χ4v) is 4.52. The first-order valence-corrected chi connectivity index (χ1v) is 10.3. The minimum absolute atomic E-state index is 0.0553. The van der Waals surface area contributed by atoms with Crippen LogP contribution in [0.15, 0.2) is 41.2 Å². The van der Waals surface area contributed by atoms with E-state index in [1.807, 2.05) is 11.0 Å². The molecule has 0 radical (unpaired) electrons. The summed E-state index contributed by atoms with van der Waals surface area (Å²) in [6, 6.07) is 7.90. The van der Waals surface area contributed by atoms with Gasteiger partial charge in [-0.05, 0) is 42.7 Å². The summed E-state index contributed by atoms with van der Waals surface area (Å²) in [6.07, 6.45) is 3.14. The van der Waals surface area contributed by atoms with Crippen LogP contribution < -0.4 is 16.4 Å². The first-order chi connectivity index (χ1) is 15.3. The molecule has 1 atom stereocenters. The maximum absolute atomic E-state index is 14.3. The number of allylic oxidation sites excluding steroid dienone is 1. The Bertz CT molecular complexity index is 1200. The van der Waals surface area contributed by atoms with Crippen molar-refractivity contribution in [1.82, 2.24) is 9.88 Å². The molecule has 4 N–H and O–H groups in total. The number of aliphatic imine (C=N–C) groups is 1. The number of nitrogen functional groups attached to an aromatic ring is 1. The topological polar surface area (TPSA) is 125 Å². The quantitative estimate of drug-likeness (QED) is 0.666. The van der Waals surface area contributed by atoms with Crippen LogP contribution in [0, 0.1) is 17.1 Å². The lowest BCUT2D eigenvalue weighted by Crippen LogP contribution is -2.34. The summed E-state index contributed by atoms with van der Waals surface area (Å²) < 4.78 is 14.3. The standard InChI is InChI=1S/C23H24FN7O/c1-28-18(10-25)21-13-8-20(22(27)29-11-13)31-7-3-4-19(31)16-9-14(24)5-6-15(16)23(32)30(2)12-17(21)26/h5-6,8-9,11,19H,3-4,7,12,26H2,1-2H3,(H2,27,29). The zero-order valence-electron chi connectivity index (χ0n) is 18.0. The third-order valence-electron chi connectivity index (χ3n) is 5.99. The molecular formula is C23H24FN7O. The average Bonchev–Trinajstić information content (AvgIpc) is 3.26. The van der Waals surface area contributed by atoms with Gasteiger partial charge >= 0.3 is 0 Å². The number of halogens is 1. The second-order valence-electron chi connectivity index (χ2n) is 7.96. The lowest BCUT2D eigenvalue weighted by molar-refractivity contribution is 0.0805. The highest BCUT2D eigenvalue weighted by molar-refractivity contribution is 6.32. The van der Waals surface area contributed by atoms with Gasteiger partial charge in [-0.2, -0.15) is 5.26 Å². The molecule has 9 heteroatoms. The number of nitriles is 1. The van der Waals surface area contributed by atoms with Crippen molar-refractivity contribution in [3.8, 4) is 6.07 Å². The third-order valence-corrected chi connectivity index (χ3v) is 5.99. The minimum Gasteiger partial charge on any atom is -0.400 e. The summed E-state index contributed by atoms with van der Waals surface area (Å²) in [5, 5.41) is 9.65. The van der Waals surface area contributed by atoms with E-state index in [1.165, 1.54) is 30.1 Å². The number of carbonyl (C=O) groups excluding carboxylic acids is 1. The molecule has 32 heavy (non-hydrogen) atoms. The molecule has 164 valence electrons. The monoisotopic (exact) mass is 433 g/mol. The average molecular weight is 433 g/mol. The van der Waals surface area contributed by atoms with Gasteiger partial charge in [0.2, 0.25) is 0 Å². The van der Waals surface area contributed by atoms with E-state index in [1.54, 1.807) is 13.2 Å². The van der Waals surface area contributed by atoms with Crippen LogP contribution in [0.5, 0.6) is 0 Å². The molecule has 1 aromatic carbocycles. The number of aromatic nitrogens is 1. The highest BCUT2D eigenvalue weighted by Gasteiger charge is 2.33. The molecule has 1 saturated heterocycles. The summed E-state index contributed by atoms with van der Waals surface area (Å²) in [4.78, 5) is 25.3. The number of fused-ring (bicyclic) bond motifs is 6. The van der Waals surface area contributed by atoms with Crippen LogP contribution in [0.4, 0.5) is 15.9 Å². The van der Waals surface area contributed by atoms with Gasteiger partial charge < -0.3 is 21.3 Å². The third kappa shape index (κ3) is 3.54. The molecule has 0 spiro atoms. The van der Waals surface area contributed by atoms with Gasteiger partial charge in [-0.3, -0.25) is 9.79 Å². The van der Waals surface area contributed by atoms with Gasteiger partial charge in [0.25, 0.3) is 5.91 Å². The van der Waals surface area contributed by atoms with Crippen molar-refractivity contribution >= 4 is 28.7 Å². The van der Waals surface area contributed by atoms with Crippen molar-refractivity contribution in [3.63, 3.8) is 0 Å². The van der Waals surface area contributed by atoms with Crippen molar-refractivity contribution < 1.29 is 9.18 Å². The Hall–Kier alpha value is -3.93. The molecule has 1 fully saturated rings. The lowest BCUT2D eigenvalue weighted by atomic mass is 9.95. The Morgan fingerprint density at radius 3 is 2.84 bits per heavy atom. The van der Waals surface area contributed by atoms with E-state index in [4.69, 9.17) is 11.5 Å². The van der Waals surface area contributed by atoms with Gasteiger partial charge in [-0.1, -0.05) is 0 Å². The number of nitrogens with two attached hydrogens (primary N) is 2. The zero-order chi connectivity index (χ0) is 23.0. The molecule has 1 amide bonds.